The zero-order valence-corrected chi connectivity index (χ0v) is 17.6. The topological polar surface area (TPSA) is 80.9 Å². The van der Waals surface area contributed by atoms with E-state index in [2.05, 4.69) is 20.6 Å². The Morgan fingerprint density at radius 1 is 1.23 bits per heavy atom. The molecule has 0 saturated heterocycles. The Kier molecular flexibility index (Phi) is 11.5. The summed E-state index contributed by atoms with van der Waals surface area (Å²) in [5.74, 6) is 2.29. The van der Waals surface area contributed by atoms with Gasteiger partial charge in [-0.1, -0.05) is 6.07 Å². The lowest BCUT2D eigenvalue weighted by atomic mass is 10.3. The number of rotatable bonds is 10. The van der Waals surface area contributed by atoms with Crippen LogP contribution in [0.15, 0.2) is 46.1 Å². The summed E-state index contributed by atoms with van der Waals surface area (Å²) in [5.41, 5.74) is 0.932. The van der Waals surface area contributed by atoms with E-state index in [1.165, 1.54) is 0 Å². The van der Waals surface area contributed by atoms with Crippen molar-refractivity contribution >= 4 is 29.9 Å². The maximum Gasteiger partial charge on any atom is 0.218 e. The fourth-order valence-electron chi connectivity index (χ4n) is 2.16. The molecule has 2 N–H and O–H groups in total. The average molecular weight is 474 g/mol. The summed E-state index contributed by atoms with van der Waals surface area (Å²) >= 11 is 0. The van der Waals surface area contributed by atoms with Crippen LogP contribution in [0.4, 0.5) is 0 Å². The third-order valence-electron chi connectivity index (χ3n) is 3.37. The fraction of sp³-hybridized carbons (Fsp3) is 0.444. The maximum absolute atomic E-state index is 5.64. The van der Waals surface area contributed by atoms with Gasteiger partial charge in [-0.05, 0) is 25.1 Å². The molecule has 2 rings (SSSR count). The number of aromatic nitrogens is 1. The van der Waals surface area contributed by atoms with Crippen LogP contribution in [0.25, 0.3) is 0 Å². The standard InChI is InChI=1S/C18H26N4O3.HI/c1-3-19-18(21-10-8-16-7-5-11-24-16)22-14-15-6-4-9-20-17(15)25-13-12-23-2;/h4-7,9,11H,3,8,10,12-14H2,1-2H3,(H2,19,21,22);1H. The van der Waals surface area contributed by atoms with Crippen molar-refractivity contribution in [1.29, 1.82) is 0 Å². The lowest BCUT2D eigenvalue weighted by Crippen LogP contribution is -2.38. The van der Waals surface area contributed by atoms with Gasteiger partial charge in [0.15, 0.2) is 5.96 Å². The van der Waals surface area contributed by atoms with Crippen LogP contribution in [0.5, 0.6) is 5.88 Å². The molecule has 2 aromatic heterocycles. The van der Waals surface area contributed by atoms with Crippen molar-refractivity contribution in [2.75, 3.05) is 33.4 Å². The number of methoxy groups -OCH3 is 1. The van der Waals surface area contributed by atoms with Crippen molar-refractivity contribution in [1.82, 2.24) is 15.6 Å². The number of halogens is 1. The normalized spacial score (nSPS) is 10.9. The van der Waals surface area contributed by atoms with Gasteiger partial charge in [0.1, 0.15) is 12.4 Å². The van der Waals surface area contributed by atoms with E-state index >= 15 is 0 Å². The molecular weight excluding hydrogens is 447 g/mol. The Balaban J connectivity index is 0.00000338. The number of ether oxygens (including phenoxy) is 2. The highest BCUT2D eigenvalue weighted by Gasteiger charge is 2.05. The number of aliphatic imine (C=N–C) groups is 1. The number of guanidine groups is 1. The van der Waals surface area contributed by atoms with E-state index in [1.807, 2.05) is 31.2 Å². The van der Waals surface area contributed by atoms with Gasteiger partial charge in [-0.15, -0.1) is 24.0 Å². The minimum Gasteiger partial charge on any atom is -0.475 e. The van der Waals surface area contributed by atoms with Crippen molar-refractivity contribution in [2.45, 2.75) is 19.9 Å². The Hall–Kier alpha value is -1.81. The lowest BCUT2D eigenvalue weighted by molar-refractivity contribution is 0.143. The molecule has 0 amide bonds. The van der Waals surface area contributed by atoms with E-state index in [-0.39, 0.29) is 24.0 Å². The first kappa shape index (κ1) is 22.2. The van der Waals surface area contributed by atoms with Crippen LogP contribution in [0.2, 0.25) is 0 Å². The summed E-state index contributed by atoms with van der Waals surface area (Å²) in [7, 11) is 1.64. The van der Waals surface area contributed by atoms with Gasteiger partial charge in [-0.3, -0.25) is 0 Å². The molecule has 26 heavy (non-hydrogen) atoms. The predicted octanol–water partition coefficient (Wildman–Crippen LogP) is 2.62. The molecule has 0 saturated carbocycles. The monoisotopic (exact) mass is 474 g/mol. The van der Waals surface area contributed by atoms with E-state index in [1.54, 1.807) is 19.6 Å². The molecule has 2 aromatic rings. The number of furan rings is 1. The van der Waals surface area contributed by atoms with Crippen LogP contribution in [-0.4, -0.2) is 44.4 Å². The molecule has 7 nitrogen and oxygen atoms in total. The average Bonchev–Trinajstić information content (AvgIpc) is 3.14. The van der Waals surface area contributed by atoms with Gasteiger partial charge < -0.3 is 24.5 Å². The summed E-state index contributed by atoms with van der Waals surface area (Å²) in [6.07, 6.45) is 4.19. The molecule has 0 spiro atoms. The van der Waals surface area contributed by atoms with E-state index < -0.39 is 0 Å². The van der Waals surface area contributed by atoms with Gasteiger partial charge in [0, 0.05) is 38.4 Å². The number of hydrogen-bond donors (Lipinski definition) is 2. The summed E-state index contributed by atoms with van der Waals surface area (Å²) in [4.78, 5) is 8.87. The molecule has 0 aromatic carbocycles. The van der Waals surface area contributed by atoms with Crippen molar-refractivity contribution in [3.8, 4) is 5.88 Å². The largest absolute Gasteiger partial charge is 0.475 e. The van der Waals surface area contributed by atoms with E-state index in [0.29, 0.717) is 25.6 Å². The highest BCUT2D eigenvalue weighted by Crippen LogP contribution is 2.15. The molecule has 0 atom stereocenters. The molecule has 0 bridgehead atoms. The Labute approximate surface area is 171 Å². The molecule has 8 heteroatoms. The number of hydrogen-bond acceptors (Lipinski definition) is 5. The van der Waals surface area contributed by atoms with Gasteiger partial charge in [-0.25, -0.2) is 9.98 Å². The van der Waals surface area contributed by atoms with E-state index in [9.17, 15) is 0 Å². The quantitative estimate of drug-likeness (QED) is 0.239. The highest BCUT2D eigenvalue weighted by molar-refractivity contribution is 14.0. The minimum atomic E-state index is 0. The van der Waals surface area contributed by atoms with Crippen LogP contribution < -0.4 is 15.4 Å². The fourth-order valence-corrected chi connectivity index (χ4v) is 2.16. The first-order valence-corrected chi connectivity index (χ1v) is 8.43. The molecule has 144 valence electrons. The van der Waals surface area contributed by atoms with Crippen LogP contribution in [0.3, 0.4) is 0 Å². The Bertz CT molecular complexity index is 635. The number of pyridine rings is 1. The Morgan fingerprint density at radius 2 is 2.12 bits per heavy atom. The molecule has 0 fully saturated rings. The SMILES string of the molecule is CCNC(=NCc1cccnc1OCCOC)NCCc1ccco1.I. The summed E-state index contributed by atoms with van der Waals surface area (Å²) < 4.78 is 16.0. The van der Waals surface area contributed by atoms with Crippen molar-refractivity contribution in [2.24, 2.45) is 4.99 Å². The molecule has 0 unspecified atom stereocenters. The highest BCUT2D eigenvalue weighted by atomic mass is 127. The van der Waals surface area contributed by atoms with E-state index in [4.69, 9.17) is 13.9 Å². The third-order valence-corrected chi connectivity index (χ3v) is 3.37. The number of nitrogens with one attached hydrogen (secondary N) is 2. The van der Waals surface area contributed by atoms with Crippen LogP contribution in [0, 0.1) is 0 Å². The first-order chi connectivity index (χ1) is 12.3. The molecule has 2 heterocycles. The number of nitrogens with zero attached hydrogens (tertiary/aromatic N) is 2. The minimum absolute atomic E-state index is 0. The van der Waals surface area contributed by atoms with Gasteiger partial charge in [0.05, 0.1) is 19.4 Å². The summed E-state index contributed by atoms with van der Waals surface area (Å²) in [6, 6.07) is 7.70. The van der Waals surface area contributed by atoms with Crippen LogP contribution in [0.1, 0.15) is 18.2 Å². The Morgan fingerprint density at radius 3 is 2.85 bits per heavy atom. The van der Waals surface area contributed by atoms with E-state index in [0.717, 1.165) is 36.8 Å². The second-order valence-corrected chi connectivity index (χ2v) is 5.26. The molecule has 0 aliphatic rings. The second-order valence-electron chi connectivity index (χ2n) is 5.26. The molecule has 0 aliphatic heterocycles. The summed E-state index contributed by atoms with van der Waals surface area (Å²) in [5, 5.41) is 6.53. The van der Waals surface area contributed by atoms with Crippen molar-refractivity contribution in [3.05, 3.63) is 48.0 Å². The maximum atomic E-state index is 5.64. The van der Waals surface area contributed by atoms with Gasteiger partial charge >= 0.3 is 0 Å². The lowest BCUT2D eigenvalue weighted by Gasteiger charge is -2.12. The third kappa shape index (κ3) is 8.05. The van der Waals surface area contributed by atoms with Crippen LogP contribution in [-0.2, 0) is 17.7 Å². The molecular formula is C18H27IN4O3. The van der Waals surface area contributed by atoms with Crippen LogP contribution >= 0.6 is 24.0 Å². The second kappa shape index (κ2) is 13.4. The zero-order chi connectivity index (χ0) is 17.7. The predicted molar refractivity (Wildman–Crippen MR) is 112 cm³/mol. The zero-order valence-electron chi connectivity index (χ0n) is 15.2. The van der Waals surface area contributed by atoms with Gasteiger partial charge in [-0.2, -0.15) is 0 Å². The first-order valence-electron chi connectivity index (χ1n) is 8.43. The smallest absolute Gasteiger partial charge is 0.218 e. The van der Waals surface area contributed by atoms with Gasteiger partial charge in [0.2, 0.25) is 5.88 Å². The summed E-state index contributed by atoms with van der Waals surface area (Å²) in [6.45, 7) is 5.03. The van der Waals surface area contributed by atoms with Crippen molar-refractivity contribution < 1.29 is 13.9 Å². The molecule has 0 aliphatic carbocycles. The van der Waals surface area contributed by atoms with Crippen molar-refractivity contribution in [3.63, 3.8) is 0 Å². The van der Waals surface area contributed by atoms with Gasteiger partial charge in [0.25, 0.3) is 0 Å². The molecule has 0 radical (unpaired) electrons.